The van der Waals surface area contributed by atoms with Crippen molar-refractivity contribution in [3.8, 4) is 5.75 Å². The molecule has 0 aliphatic rings. The Morgan fingerprint density at radius 1 is 1.33 bits per heavy atom. The summed E-state index contributed by atoms with van der Waals surface area (Å²) in [4.78, 5) is 3.99. The van der Waals surface area contributed by atoms with E-state index in [2.05, 4.69) is 4.98 Å². The van der Waals surface area contributed by atoms with Crippen LogP contribution in [0.2, 0.25) is 0 Å². The van der Waals surface area contributed by atoms with E-state index >= 15 is 0 Å². The van der Waals surface area contributed by atoms with Crippen LogP contribution < -0.4 is 10.5 Å². The molecule has 2 N–H and O–H groups in total. The average molecular weight is 245 g/mol. The first kappa shape index (κ1) is 12.6. The summed E-state index contributed by atoms with van der Waals surface area (Å²) >= 11 is 0. The summed E-state index contributed by atoms with van der Waals surface area (Å²) in [5, 5.41) is 0. The molecule has 1 heterocycles. The fraction of sp³-hybridized carbons (Fsp3) is 0.357. The Labute approximate surface area is 107 Å². The van der Waals surface area contributed by atoms with E-state index in [1.54, 1.807) is 12.5 Å². The third-order valence-electron chi connectivity index (χ3n) is 2.86. The van der Waals surface area contributed by atoms with Crippen molar-refractivity contribution in [1.82, 2.24) is 9.55 Å². The molecular formula is C14H19N3O. The first-order valence-electron chi connectivity index (χ1n) is 6.07. The van der Waals surface area contributed by atoms with Gasteiger partial charge in [-0.2, -0.15) is 0 Å². The Morgan fingerprint density at radius 3 is 2.67 bits per heavy atom. The maximum Gasteiger partial charge on any atom is 0.125 e. The zero-order valence-corrected chi connectivity index (χ0v) is 10.8. The normalized spacial score (nSPS) is 12.4. The van der Waals surface area contributed by atoms with Crippen molar-refractivity contribution in [3.63, 3.8) is 0 Å². The quantitative estimate of drug-likeness (QED) is 0.875. The molecule has 0 aliphatic carbocycles. The Kier molecular flexibility index (Phi) is 3.99. The summed E-state index contributed by atoms with van der Waals surface area (Å²) in [6, 6.07) is 6.08. The number of imidazole rings is 1. The largest absolute Gasteiger partial charge is 0.491 e. The van der Waals surface area contributed by atoms with Crippen molar-refractivity contribution >= 4 is 0 Å². The van der Waals surface area contributed by atoms with Gasteiger partial charge in [0.1, 0.15) is 12.4 Å². The molecule has 0 radical (unpaired) electrons. The molecule has 4 nitrogen and oxygen atoms in total. The first-order chi connectivity index (χ1) is 8.66. The highest BCUT2D eigenvalue weighted by Gasteiger charge is 2.07. The Hall–Kier alpha value is -1.81. The third-order valence-corrected chi connectivity index (χ3v) is 2.86. The van der Waals surface area contributed by atoms with Crippen LogP contribution in [0.5, 0.6) is 5.75 Å². The smallest absolute Gasteiger partial charge is 0.125 e. The minimum absolute atomic E-state index is 0.0433. The van der Waals surface area contributed by atoms with Gasteiger partial charge in [-0.25, -0.2) is 4.98 Å². The molecule has 18 heavy (non-hydrogen) atoms. The van der Waals surface area contributed by atoms with Crippen molar-refractivity contribution < 1.29 is 4.74 Å². The van der Waals surface area contributed by atoms with Crippen LogP contribution in [0.4, 0.5) is 0 Å². The molecule has 0 amide bonds. The Bertz CT molecular complexity index is 473. The predicted molar refractivity (Wildman–Crippen MR) is 71.6 cm³/mol. The highest BCUT2D eigenvalue weighted by Crippen LogP contribution is 2.22. The summed E-state index contributed by atoms with van der Waals surface area (Å²) in [7, 11) is 0. The zero-order chi connectivity index (χ0) is 13.0. The van der Waals surface area contributed by atoms with Gasteiger partial charge in [-0.15, -0.1) is 0 Å². The fourth-order valence-electron chi connectivity index (χ4n) is 1.94. The van der Waals surface area contributed by atoms with Gasteiger partial charge in [0, 0.05) is 18.9 Å². The molecule has 1 atom stereocenters. The van der Waals surface area contributed by atoms with E-state index in [1.165, 1.54) is 0 Å². The molecular weight excluding hydrogens is 226 g/mol. The fourth-order valence-corrected chi connectivity index (χ4v) is 1.94. The molecule has 0 spiro atoms. The van der Waals surface area contributed by atoms with Crippen molar-refractivity contribution in [3.05, 3.63) is 48.0 Å². The van der Waals surface area contributed by atoms with E-state index in [0.717, 1.165) is 16.9 Å². The summed E-state index contributed by atoms with van der Waals surface area (Å²) in [5.74, 6) is 0.943. The Balaban J connectivity index is 1.91. The van der Waals surface area contributed by atoms with Gasteiger partial charge in [0.15, 0.2) is 0 Å². The minimum Gasteiger partial charge on any atom is -0.491 e. The van der Waals surface area contributed by atoms with Crippen LogP contribution in [0.1, 0.15) is 11.1 Å². The number of para-hydroxylation sites is 1. The van der Waals surface area contributed by atoms with E-state index in [9.17, 15) is 0 Å². The van der Waals surface area contributed by atoms with Crippen molar-refractivity contribution in [2.75, 3.05) is 6.61 Å². The maximum absolute atomic E-state index is 6.04. The topological polar surface area (TPSA) is 53.1 Å². The van der Waals surface area contributed by atoms with E-state index in [1.807, 2.05) is 42.8 Å². The highest BCUT2D eigenvalue weighted by atomic mass is 16.5. The molecule has 1 aromatic carbocycles. The second-order valence-corrected chi connectivity index (χ2v) is 4.55. The second-order valence-electron chi connectivity index (χ2n) is 4.55. The number of aryl methyl sites for hydroxylation is 2. The summed E-state index contributed by atoms with van der Waals surface area (Å²) in [6.07, 6.45) is 5.41. The van der Waals surface area contributed by atoms with Gasteiger partial charge in [-0.1, -0.05) is 18.2 Å². The van der Waals surface area contributed by atoms with Gasteiger partial charge < -0.3 is 15.0 Å². The molecule has 2 rings (SSSR count). The van der Waals surface area contributed by atoms with Gasteiger partial charge in [-0.3, -0.25) is 0 Å². The monoisotopic (exact) mass is 245 g/mol. The van der Waals surface area contributed by atoms with Gasteiger partial charge in [0.2, 0.25) is 0 Å². The molecule has 4 heteroatoms. The molecule has 1 aromatic heterocycles. The predicted octanol–water partition coefficient (Wildman–Crippen LogP) is 1.91. The standard InChI is InChI=1S/C14H19N3O/c1-11-4-3-5-12(2)14(11)18-9-13(15)8-17-7-6-16-10-17/h3-7,10,13H,8-9,15H2,1-2H3. The van der Waals surface area contributed by atoms with Crippen molar-refractivity contribution in [1.29, 1.82) is 0 Å². The third kappa shape index (κ3) is 3.11. The number of hydrogen-bond acceptors (Lipinski definition) is 3. The molecule has 2 aromatic rings. The van der Waals surface area contributed by atoms with E-state index < -0.39 is 0 Å². The lowest BCUT2D eigenvalue weighted by Crippen LogP contribution is -2.32. The molecule has 1 unspecified atom stereocenters. The van der Waals surface area contributed by atoms with Gasteiger partial charge in [0.05, 0.1) is 12.4 Å². The number of aromatic nitrogens is 2. The van der Waals surface area contributed by atoms with Crippen LogP contribution in [-0.2, 0) is 6.54 Å². The first-order valence-corrected chi connectivity index (χ1v) is 6.07. The van der Waals surface area contributed by atoms with Crippen LogP contribution in [0.25, 0.3) is 0 Å². The lowest BCUT2D eigenvalue weighted by Gasteiger charge is -2.16. The SMILES string of the molecule is Cc1cccc(C)c1OCC(N)Cn1ccnc1. The van der Waals surface area contributed by atoms with E-state index in [0.29, 0.717) is 13.2 Å². The minimum atomic E-state index is -0.0433. The zero-order valence-electron chi connectivity index (χ0n) is 10.8. The van der Waals surface area contributed by atoms with Crippen molar-refractivity contribution in [2.24, 2.45) is 5.73 Å². The van der Waals surface area contributed by atoms with Crippen LogP contribution in [-0.4, -0.2) is 22.2 Å². The Morgan fingerprint density at radius 2 is 2.06 bits per heavy atom. The number of nitrogens with two attached hydrogens (primary N) is 1. The average Bonchev–Trinajstić information content (AvgIpc) is 2.81. The lowest BCUT2D eigenvalue weighted by atomic mass is 10.1. The number of ether oxygens (including phenoxy) is 1. The maximum atomic E-state index is 6.04. The van der Waals surface area contributed by atoms with Crippen LogP contribution in [0, 0.1) is 13.8 Å². The summed E-state index contributed by atoms with van der Waals surface area (Å²) in [5.41, 5.74) is 8.33. The number of nitrogens with zero attached hydrogens (tertiary/aromatic N) is 2. The van der Waals surface area contributed by atoms with Gasteiger partial charge in [-0.05, 0) is 25.0 Å². The molecule has 0 saturated carbocycles. The van der Waals surface area contributed by atoms with Crippen LogP contribution >= 0.6 is 0 Å². The van der Waals surface area contributed by atoms with Crippen molar-refractivity contribution in [2.45, 2.75) is 26.4 Å². The molecule has 0 aliphatic heterocycles. The summed E-state index contributed by atoms with van der Waals surface area (Å²) < 4.78 is 7.78. The number of rotatable bonds is 5. The summed E-state index contributed by atoms with van der Waals surface area (Å²) in [6.45, 7) is 5.31. The lowest BCUT2D eigenvalue weighted by molar-refractivity contribution is 0.272. The second kappa shape index (κ2) is 5.69. The van der Waals surface area contributed by atoms with E-state index in [-0.39, 0.29) is 6.04 Å². The molecule has 0 saturated heterocycles. The van der Waals surface area contributed by atoms with Crippen LogP contribution in [0.15, 0.2) is 36.9 Å². The molecule has 96 valence electrons. The van der Waals surface area contributed by atoms with Gasteiger partial charge >= 0.3 is 0 Å². The highest BCUT2D eigenvalue weighted by molar-refractivity contribution is 5.39. The van der Waals surface area contributed by atoms with Gasteiger partial charge in [0.25, 0.3) is 0 Å². The number of benzene rings is 1. The number of hydrogen-bond donors (Lipinski definition) is 1. The van der Waals surface area contributed by atoms with Crippen LogP contribution in [0.3, 0.4) is 0 Å². The molecule has 0 bridgehead atoms. The van der Waals surface area contributed by atoms with E-state index in [4.69, 9.17) is 10.5 Å². The molecule has 0 fully saturated rings.